The number of piperazine rings is 1. The van der Waals surface area contributed by atoms with E-state index in [4.69, 9.17) is 4.74 Å². The second-order valence-corrected chi connectivity index (χ2v) is 8.44. The average molecular weight is 434 g/mol. The summed E-state index contributed by atoms with van der Waals surface area (Å²) in [5.74, 6) is 0.301. The third-order valence-corrected chi connectivity index (χ3v) is 6.12. The number of hydrogen-bond acceptors (Lipinski definition) is 5. The van der Waals surface area contributed by atoms with Crippen molar-refractivity contribution in [3.63, 3.8) is 0 Å². The molecule has 0 N–H and O–H groups in total. The van der Waals surface area contributed by atoms with Crippen LogP contribution in [-0.2, 0) is 9.59 Å². The molecule has 0 saturated carbocycles. The zero-order chi connectivity index (χ0) is 22.7. The summed E-state index contributed by atoms with van der Waals surface area (Å²) in [7, 11) is 0. The van der Waals surface area contributed by atoms with Gasteiger partial charge in [-0.25, -0.2) is 0 Å². The van der Waals surface area contributed by atoms with Gasteiger partial charge in [-0.1, -0.05) is 43.3 Å². The zero-order valence-corrected chi connectivity index (χ0v) is 19.1. The molecule has 1 fully saturated rings. The third kappa shape index (κ3) is 4.55. The molecule has 2 aliphatic rings. The largest absolute Gasteiger partial charge is 0.492 e. The van der Waals surface area contributed by atoms with Crippen LogP contribution in [0.25, 0.3) is 5.57 Å². The topological polar surface area (TPSA) is 53.1 Å². The van der Waals surface area contributed by atoms with Gasteiger partial charge in [0.1, 0.15) is 18.1 Å². The van der Waals surface area contributed by atoms with Crippen molar-refractivity contribution in [2.45, 2.75) is 20.8 Å². The molecule has 0 bridgehead atoms. The van der Waals surface area contributed by atoms with Gasteiger partial charge in [0.2, 0.25) is 0 Å². The summed E-state index contributed by atoms with van der Waals surface area (Å²) in [5.41, 5.74) is 4.07. The highest BCUT2D eigenvalue weighted by Gasteiger charge is 2.41. The fraction of sp³-hybridized carbons (Fsp3) is 0.385. The van der Waals surface area contributed by atoms with E-state index in [-0.39, 0.29) is 25.0 Å². The number of carbonyl (C=O) groups excluding carboxylic acids is 2. The van der Waals surface area contributed by atoms with Gasteiger partial charge in [0.25, 0.3) is 11.8 Å². The van der Waals surface area contributed by atoms with Gasteiger partial charge in [-0.15, -0.1) is 0 Å². The van der Waals surface area contributed by atoms with Gasteiger partial charge in [0.05, 0.1) is 12.1 Å². The van der Waals surface area contributed by atoms with E-state index in [1.54, 1.807) is 0 Å². The lowest BCUT2D eigenvalue weighted by molar-refractivity contribution is -0.138. The van der Waals surface area contributed by atoms with Crippen molar-refractivity contribution in [1.82, 2.24) is 14.7 Å². The molecule has 2 aliphatic heterocycles. The van der Waals surface area contributed by atoms with Crippen molar-refractivity contribution < 1.29 is 14.3 Å². The van der Waals surface area contributed by atoms with Crippen molar-refractivity contribution in [1.29, 1.82) is 0 Å². The van der Waals surface area contributed by atoms with E-state index in [1.807, 2.05) is 56.3 Å². The predicted molar refractivity (Wildman–Crippen MR) is 125 cm³/mol. The minimum absolute atomic E-state index is 0.220. The van der Waals surface area contributed by atoms with Crippen LogP contribution in [0.15, 0.2) is 54.2 Å². The van der Waals surface area contributed by atoms with Crippen LogP contribution in [0, 0.1) is 13.8 Å². The molecule has 168 valence electrons. The van der Waals surface area contributed by atoms with Crippen molar-refractivity contribution >= 4 is 17.4 Å². The number of amides is 2. The van der Waals surface area contributed by atoms with E-state index in [0.717, 1.165) is 55.2 Å². The molecule has 32 heavy (non-hydrogen) atoms. The number of carbonyl (C=O) groups is 2. The van der Waals surface area contributed by atoms with Crippen molar-refractivity contribution in [3.8, 4) is 5.75 Å². The number of rotatable bonds is 7. The molecule has 2 aromatic carbocycles. The standard InChI is InChI=1S/C26H31N3O3/c1-4-27-10-12-28(13-11-27)24-23(21-8-6-5-7-9-21)25(30)29(26(24)31)14-15-32-22-17-19(2)16-20(3)18-22/h5-9,16-18H,4,10-15H2,1-3H3. The van der Waals surface area contributed by atoms with Crippen LogP contribution in [-0.4, -0.2) is 72.4 Å². The maximum Gasteiger partial charge on any atom is 0.277 e. The van der Waals surface area contributed by atoms with Crippen molar-refractivity contribution in [2.75, 3.05) is 45.9 Å². The molecule has 0 aromatic heterocycles. The van der Waals surface area contributed by atoms with E-state index in [9.17, 15) is 9.59 Å². The molecule has 2 heterocycles. The number of ether oxygens (including phenoxy) is 1. The molecule has 2 amide bonds. The van der Waals surface area contributed by atoms with Crippen LogP contribution >= 0.6 is 0 Å². The summed E-state index contributed by atoms with van der Waals surface area (Å²) in [6.07, 6.45) is 0. The molecule has 6 nitrogen and oxygen atoms in total. The summed E-state index contributed by atoms with van der Waals surface area (Å²) in [6, 6.07) is 15.5. The highest BCUT2D eigenvalue weighted by molar-refractivity contribution is 6.35. The lowest BCUT2D eigenvalue weighted by Gasteiger charge is -2.36. The minimum Gasteiger partial charge on any atom is -0.492 e. The number of imide groups is 1. The maximum absolute atomic E-state index is 13.4. The molecule has 6 heteroatoms. The minimum atomic E-state index is -0.238. The van der Waals surface area contributed by atoms with Gasteiger partial charge in [0.15, 0.2) is 0 Å². The lowest BCUT2D eigenvalue weighted by Crippen LogP contribution is -2.47. The molecular weight excluding hydrogens is 402 g/mol. The second kappa shape index (κ2) is 9.57. The quantitative estimate of drug-likeness (QED) is 0.628. The van der Waals surface area contributed by atoms with E-state index in [2.05, 4.69) is 22.8 Å². The Kier molecular flexibility index (Phi) is 6.61. The van der Waals surface area contributed by atoms with Crippen LogP contribution in [0.5, 0.6) is 5.75 Å². The zero-order valence-electron chi connectivity index (χ0n) is 19.1. The van der Waals surface area contributed by atoms with Gasteiger partial charge in [-0.3, -0.25) is 14.5 Å². The second-order valence-electron chi connectivity index (χ2n) is 8.44. The van der Waals surface area contributed by atoms with E-state index < -0.39 is 0 Å². The van der Waals surface area contributed by atoms with E-state index in [0.29, 0.717) is 11.3 Å². The molecule has 0 radical (unpaired) electrons. The Labute approximate surface area is 190 Å². The first-order valence-electron chi connectivity index (χ1n) is 11.3. The SMILES string of the molecule is CCN1CCN(C2=C(c3ccccc3)C(=O)N(CCOc3cc(C)cc(C)c3)C2=O)CC1. The highest BCUT2D eigenvalue weighted by atomic mass is 16.5. The Morgan fingerprint density at radius 1 is 0.875 bits per heavy atom. The molecule has 0 unspecified atom stereocenters. The molecule has 0 atom stereocenters. The lowest BCUT2D eigenvalue weighted by atomic mass is 10.0. The summed E-state index contributed by atoms with van der Waals surface area (Å²) in [5, 5.41) is 0. The number of hydrogen-bond donors (Lipinski definition) is 0. The Hall–Kier alpha value is -3.12. The summed E-state index contributed by atoms with van der Waals surface area (Å²) >= 11 is 0. The Morgan fingerprint density at radius 2 is 1.53 bits per heavy atom. The number of likely N-dealkylation sites (N-methyl/N-ethyl adjacent to an activating group) is 1. The fourth-order valence-electron chi connectivity index (χ4n) is 4.48. The average Bonchev–Trinajstić information content (AvgIpc) is 3.04. The highest BCUT2D eigenvalue weighted by Crippen LogP contribution is 2.32. The van der Waals surface area contributed by atoms with Crippen molar-refractivity contribution in [3.05, 3.63) is 70.9 Å². The van der Waals surface area contributed by atoms with Gasteiger partial charge >= 0.3 is 0 Å². The molecule has 2 aromatic rings. The van der Waals surface area contributed by atoms with Gasteiger partial charge in [-0.2, -0.15) is 0 Å². The maximum atomic E-state index is 13.4. The Bertz CT molecular complexity index is 1000. The molecule has 1 saturated heterocycles. The van der Waals surface area contributed by atoms with Crippen molar-refractivity contribution in [2.24, 2.45) is 0 Å². The fourth-order valence-corrected chi connectivity index (χ4v) is 4.48. The van der Waals surface area contributed by atoms with E-state index in [1.165, 1.54) is 4.90 Å². The third-order valence-electron chi connectivity index (χ3n) is 6.12. The summed E-state index contributed by atoms with van der Waals surface area (Å²) in [4.78, 5) is 32.6. The number of benzene rings is 2. The number of aryl methyl sites for hydroxylation is 2. The first kappa shape index (κ1) is 22.1. The molecular formula is C26H31N3O3. The number of nitrogens with zero attached hydrogens (tertiary/aromatic N) is 3. The van der Waals surface area contributed by atoms with Crippen LogP contribution in [0.4, 0.5) is 0 Å². The molecule has 0 aliphatic carbocycles. The predicted octanol–water partition coefficient (Wildman–Crippen LogP) is 3.10. The van der Waals surface area contributed by atoms with Crippen LogP contribution in [0.1, 0.15) is 23.6 Å². The smallest absolute Gasteiger partial charge is 0.277 e. The Morgan fingerprint density at radius 3 is 2.16 bits per heavy atom. The van der Waals surface area contributed by atoms with E-state index >= 15 is 0 Å². The first-order valence-corrected chi connectivity index (χ1v) is 11.3. The monoisotopic (exact) mass is 433 g/mol. The molecule has 4 rings (SSSR count). The molecule has 0 spiro atoms. The summed E-state index contributed by atoms with van der Waals surface area (Å²) in [6.45, 7) is 10.9. The van der Waals surface area contributed by atoms with Crippen LogP contribution in [0.3, 0.4) is 0 Å². The first-order chi connectivity index (χ1) is 15.5. The normalized spacial score (nSPS) is 17.5. The van der Waals surface area contributed by atoms with Crippen LogP contribution < -0.4 is 4.74 Å². The summed E-state index contributed by atoms with van der Waals surface area (Å²) < 4.78 is 5.89. The van der Waals surface area contributed by atoms with Gasteiger partial charge in [-0.05, 0) is 49.2 Å². The van der Waals surface area contributed by atoms with Gasteiger partial charge in [0, 0.05) is 26.2 Å². The Balaban J connectivity index is 1.53. The van der Waals surface area contributed by atoms with Crippen LogP contribution in [0.2, 0.25) is 0 Å². The van der Waals surface area contributed by atoms with Gasteiger partial charge < -0.3 is 14.5 Å².